The second-order valence-corrected chi connectivity index (χ2v) is 3.26. The molecule has 0 bridgehead atoms. The van der Waals surface area contributed by atoms with Crippen LogP contribution in [0.15, 0.2) is 0 Å². The number of carboxylic acids is 2. The van der Waals surface area contributed by atoms with Crippen molar-refractivity contribution in [3.8, 4) is 0 Å². The Labute approximate surface area is 99.7 Å². The van der Waals surface area contributed by atoms with Gasteiger partial charge in [0.05, 0.1) is 39.3 Å². The van der Waals surface area contributed by atoms with Gasteiger partial charge in [0.2, 0.25) is 0 Å². The second kappa shape index (κ2) is 11.3. The Kier molecular flexibility index (Phi) is 10.5. The molecule has 0 heterocycles. The standard InChI is InChI=1S/C10H19NO6/c12-9(13)1-5-16-7-3-11-4-8-17-6-2-10(14)15/h11H,1-8H2,(H,12,13)(H,14,15). The van der Waals surface area contributed by atoms with E-state index in [0.29, 0.717) is 26.3 Å². The van der Waals surface area contributed by atoms with E-state index < -0.39 is 11.9 Å². The van der Waals surface area contributed by atoms with E-state index in [-0.39, 0.29) is 26.1 Å². The van der Waals surface area contributed by atoms with Crippen LogP contribution in [0.5, 0.6) is 0 Å². The van der Waals surface area contributed by atoms with E-state index in [0.717, 1.165) is 0 Å². The minimum atomic E-state index is -0.871. The Bertz CT molecular complexity index is 199. The van der Waals surface area contributed by atoms with Crippen LogP contribution in [0.25, 0.3) is 0 Å². The SMILES string of the molecule is O=C(O)CCOCCNCCOCCC(=O)O. The smallest absolute Gasteiger partial charge is 0.305 e. The maximum Gasteiger partial charge on any atom is 0.305 e. The summed E-state index contributed by atoms with van der Waals surface area (Å²) < 4.78 is 10.1. The summed E-state index contributed by atoms with van der Waals surface area (Å²) in [5.41, 5.74) is 0. The Morgan fingerprint density at radius 1 is 0.824 bits per heavy atom. The van der Waals surface area contributed by atoms with Crippen LogP contribution >= 0.6 is 0 Å². The highest BCUT2D eigenvalue weighted by Crippen LogP contribution is 1.83. The normalized spacial score (nSPS) is 10.4. The average molecular weight is 249 g/mol. The number of hydrogen-bond acceptors (Lipinski definition) is 5. The van der Waals surface area contributed by atoms with E-state index in [9.17, 15) is 9.59 Å². The second-order valence-electron chi connectivity index (χ2n) is 3.26. The van der Waals surface area contributed by atoms with Crippen molar-refractivity contribution in [2.24, 2.45) is 0 Å². The Morgan fingerprint density at radius 3 is 1.59 bits per heavy atom. The molecule has 0 aromatic carbocycles. The summed E-state index contributed by atoms with van der Waals surface area (Å²) in [6, 6.07) is 0. The fourth-order valence-corrected chi connectivity index (χ4v) is 0.937. The first-order chi connectivity index (χ1) is 8.13. The van der Waals surface area contributed by atoms with Gasteiger partial charge in [0.1, 0.15) is 0 Å². The molecule has 0 aliphatic rings. The molecule has 7 nitrogen and oxygen atoms in total. The number of carbonyl (C=O) groups is 2. The van der Waals surface area contributed by atoms with E-state index in [4.69, 9.17) is 19.7 Å². The van der Waals surface area contributed by atoms with Crippen LogP contribution in [-0.4, -0.2) is 61.7 Å². The topological polar surface area (TPSA) is 105 Å². The van der Waals surface area contributed by atoms with E-state index in [1.54, 1.807) is 0 Å². The van der Waals surface area contributed by atoms with Crippen LogP contribution < -0.4 is 5.32 Å². The Hall–Kier alpha value is -1.18. The maximum atomic E-state index is 10.1. The summed E-state index contributed by atoms with van der Waals surface area (Å²) in [6.07, 6.45) is 0.0244. The van der Waals surface area contributed by atoms with Crippen molar-refractivity contribution < 1.29 is 29.3 Å². The summed E-state index contributed by atoms with van der Waals surface area (Å²) in [4.78, 5) is 20.3. The van der Waals surface area contributed by atoms with E-state index in [2.05, 4.69) is 5.32 Å². The predicted molar refractivity (Wildman–Crippen MR) is 59.0 cm³/mol. The third kappa shape index (κ3) is 14.8. The van der Waals surface area contributed by atoms with E-state index in [1.807, 2.05) is 0 Å². The molecule has 0 aliphatic carbocycles. The first kappa shape index (κ1) is 15.8. The molecule has 3 N–H and O–H groups in total. The molecule has 0 radical (unpaired) electrons. The van der Waals surface area contributed by atoms with Crippen molar-refractivity contribution in [2.45, 2.75) is 12.8 Å². The highest BCUT2D eigenvalue weighted by molar-refractivity contribution is 5.66. The number of rotatable bonds is 12. The lowest BCUT2D eigenvalue weighted by Gasteiger charge is -2.05. The molecule has 0 unspecified atom stereocenters. The van der Waals surface area contributed by atoms with Gasteiger partial charge in [-0.3, -0.25) is 9.59 Å². The van der Waals surface area contributed by atoms with E-state index in [1.165, 1.54) is 0 Å². The van der Waals surface area contributed by atoms with Gasteiger partial charge < -0.3 is 25.0 Å². The molecule has 0 saturated heterocycles. The molecule has 17 heavy (non-hydrogen) atoms. The van der Waals surface area contributed by atoms with Crippen LogP contribution in [0.3, 0.4) is 0 Å². The number of nitrogens with one attached hydrogen (secondary N) is 1. The Morgan fingerprint density at radius 2 is 1.24 bits per heavy atom. The summed E-state index contributed by atoms with van der Waals surface area (Å²) in [5.74, 6) is -1.74. The first-order valence-electron chi connectivity index (χ1n) is 5.42. The average Bonchev–Trinajstić information content (AvgIpc) is 2.25. The van der Waals surface area contributed by atoms with Crippen LogP contribution in [-0.2, 0) is 19.1 Å². The van der Waals surface area contributed by atoms with Gasteiger partial charge in [-0.15, -0.1) is 0 Å². The molecule has 0 atom stereocenters. The Balaban J connectivity index is 2.98. The summed E-state index contributed by atoms with van der Waals surface area (Å²) in [7, 11) is 0. The number of ether oxygens (including phenoxy) is 2. The molecule has 0 aliphatic heterocycles. The number of carboxylic acid groups (broad SMARTS) is 2. The maximum absolute atomic E-state index is 10.1. The molecular weight excluding hydrogens is 230 g/mol. The summed E-state index contributed by atoms with van der Waals surface area (Å²) >= 11 is 0. The largest absolute Gasteiger partial charge is 0.481 e. The highest BCUT2D eigenvalue weighted by Gasteiger charge is 1.97. The van der Waals surface area contributed by atoms with Crippen LogP contribution in [0.1, 0.15) is 12.8 Å². The van der Waals surface area contributed by atoms with E-state index >= 15 is 0 Å². The number of aliphatic carboxylic acids is 2. The zero-order valence-corrected chi connectivity index (χ0v) is 9.68. The highest BCUT2D eigenvalue weighted by atomic mass is 16.5. The van der Waals surface area contributed by atoms with Crippen LogP contribution in [0, 0.1) is 0 Å². The minimum Gasteiger partial charge on any atom is -0.481 e. The zero-order valence-electron chi connectivity index (χ0n) is 9.68. The van der Waals surface area contributed by atoms with Gasteiger partial charge in [0.15, 0.2) is 0 Å². The molecule has 0 amide bonds. The quantitative estimate of drug-likeness (QED) is 0.403. The van der Waals surface area contributed by atoms with Gasteiger partial charge in [0, 0.05) is 13.1 Å². The van der Waals surface area contributed by atoms with Crippen molar-refractivity contribution >= 4 is 11.9 Å². The van der Waals surface area contributed by atoms with Crippen molar-refractivity contribution in [1.29, 1.82) is 0 Å². The monoisotopic (exact) mass is 249 g/mol. The molecule has 0 aromatic rings. The fraction of sp³-hybridized carbons (Fsp3) is 0.800. The van der Waals surface area contributed by atoms with Crippen molar-refractivity contribution in [2.75, 3.05) is 39.5 Å². The minimum absolute atomic E-state index is 0.0122. The first-order valence-corrected chi connectivity index (χ1v) is 5.42. The zero-order chi connectivity index (χ0) is 12.9. The lowest BCUT2D eigenvalue weighted by molar-refractivity contribution is -0.139. The van der Waals surface area contributed by atoms with Gasteiger partial charge in [-0.2, -0.15) is 0 Å². The van der Waals surface area contributed by atoms with Crippen molar-refractivity contribution in [1.82, 2.24) is 5.32 Å². The lowest BCUT2D eigenvalue weighted by Crippen LogP contribution is -2.24. The molecule has 0 aromatic heterocycles. The van der Waals surface area contributed by atoms with Crippen LogP contribution in [0.4, 0.5) is 0 Å². The van der Waals surface area contributed by atoms with Crippen molar-refractivity contribution in [3.63, 3.8) is 0 Å². The van der Waals surface area contributed by atoms with Gasteiger partial charge >= 0.3 is 11.9 Å². The molecule has 0 spiro atoms. The predicted octanol–water partition coefficient (Wildman–Crippen LogP) is -0.441. The molecule has 0 saturated carbocycles. The van der Waals surface area contributed by atoms with Gasteiger partial charge in [-0.1, -0.05) is 0 Å². The van der Waals surface area contributed by atoms with Crippen molar-refractivity contribution in [3.05, 3.63) is 0 Å². The molecule has 100 valence electrons. The van der Waals surface area contributed by atoms with Gasteiger partial charge in [-0.05, 0) is 0 Å². The molecule has 0 rings (SSSR count). The van der Waals surface area contributed by atoms with Gasteiger partial charge in [0.25, 0.3) is 0 Å². The molecular formula is C10H19NO6. The number of hydrogen-bond donors (Lipinski definition) is 3. The molecule has 7 heteroatoms. The fourth-order valence-electron chi connectivity index (χ4n) is 0.937. The lowest BCUT2D eigenvalue weighted by atomic mass is 10.5. The summed E-state index contributed by atoms with van der Waals surface area (Å²) in [6.45, 7) is 2.55. The van der Waals surface area contributed by atoms with Crippen LogP contribution in [0.2, 0.25) is 0 Å². The van der Waals surface area contributed by atoms with Gasteiger partial charge in [-0.25, -0.2) is 0 Å². The molecule has 0 fully saturated rings. The summed E-state index contributed by atoms with van der Waals surface area (Å²) in [5, 5.41) is 19.7. The third-order valence-electron chi connectivity index (χ3n) is 1.77. The third-order valence-corrected chi connectivity index (χ3v) is 1.77.